The van der Waals surface area contributed by atoms with E-state index in [4.69, 9.17) is 5.11 Å². The highest BCUT2D eigenvalue weighted by molar-refractivity contribution is 7.99. The number of carboxylic acid groups (broad SMARTS) is 1. The summed E-state index contributed by atoms with van der Waals surface area (Å²) in [5, 5.41) is 14.3. The topological polar surface area (TPSA) is 78.4 Å². The van der Waals surface area contributed by atoms with Gasteiger partial charge in [0.25, 0.3) is 0 Å². The average molecular weight is 296 g/mol. The molecule has 3 N–H and O–H groups in total. The number of rotatable bonds is 6. The van der Waals surface area contributed by atoms with Crippen molar-refractivity contribution in [3.63, 3.8) is 0 Å². The van der Waals surface area contributed by atoms with E-state index in [-0.39, 0.29) is 17.2 Å². The highest BCUT2D eigenvalue weighted by atomic mass is 32.2. The lowest BCUT2D eigenvalue weighted by Gasteiger charge is -2.22. The Balaban J connectivity index is 2.64. The Kier molecular flexibility index (Phi) is 5.88. The Hall–Kier alpha value is -1.69. The molecule has 110 valence electrons. The van der Waals surface area contributed by atoms with Crippen molar-refractivity contribution in [2.75, 3.05) is 18.1 Å². The minimum absolute atomic E-state index is 0.0437. The smallest absolute Gasteiger partial charge is 0.319 e. The molecule has 0 unspecified atom stereocenters. The van der Waals surface area contributed by atoms with Crippen LogP contribution in [0.2, 0.25) is 0 Å². The number of para-hydroxylation sites is 1. The van der Waals surface area contributed by atoms with Gasteiger partial charge in [0.2, 0.25) is 0 Å². The summed E-state index contributed by atoms with van der Waals surface area (Å²) in [5.74, 6) is -0.928. The van der Waals surface area contributed by atoms with Gasteiger partial charge in [-0.3, -0.25) is 4.79 Å². The van der Waals surface area contributed by atoms with Gasteiger partial charge in [-0.25, -0.2) is 4.79 Å². The summed E-state index contributed by atoms with van der Waals surface area (Å²) in [7, 11) is 0. The maximum Gasteiger partial charge on any atom is 0.319 e. The van der Waals surface area contributed by atoms with Crippen molar-refractivity contribution in [3.8, 4) is 0 Å². The van der Waals surface area contributed by atoms with Crippen LogP contribution in [0.1, 0.15) is 19.4 Å². The average Bonchev–Trinajstić information content (AvgIpc) is 2.38. The number of hydrogen-bond acceptors (Lipinski definition) is 3. The van der Waals surface area contributed by atoms with Crippen molar-refractivity contribution in [2.24, 2.45) is 0 Å². The molecule has 0 aliphatic rings. The third kappa shape index (κ3) is 5.52. The lowest BCUT2D eigenvalue weighted by Crippen LogP contribution is -2.38. The van der Waals surface area contributed by atoms with E-state index in [0.717, 1.165) is 0 Å². The predicted molar refractivity (Wildman–Crippen MR) is 82.4 cm³/mol. The molecule has 0 atom stereocenters. The van der Waals surface area contributed by atoms with Crippen molar-refractivity contribution in [2.45, 2.75) is 25.0 Å². The van der Waals surface area contributed by atoms with E-state index in [1.807, 2.05) is 20.1 Å². The number of urea groups is 1. The van der Waals surface area contributed by atoms with E-state index < -0.39 is 5.97 Å². The molecule has 20 heavy (non-hydrogen) atoms. The molecule has 1 rings (SSSR count). The molecule has 1 aromatic carbocycles. The number of thioether (sulfide) groups is 1. The first-order valence-electron chi connectivity index (χ1n) is 6.24. The number of nitrogens with one attached hydrogen (secondary N) is 2. The highest BCUT2D eigenvalue weighted by Crippen LogP contribution is 2.20. The van der Waals surface area contributed by atoms with Crippen LogP contribution in [0.4, 0.5) is 10.5 Å². The number of carbonyl (C=O) groups is 2. The van der Waals surface area contributed by atoms with Crippen LogP contribution in [0.15, 0.2) is 24.3 Å². The molecule has 2 amide bonds. The minimum Gasteiger partial charge on any atom is -0.481 e. The summed E-state index contributed by atoms with van der Waals surface area (Å²) in [6, 6.07) is 6.56. The number of carboxylic acids is 1. The first-order chi connectivity index (χ1) is 9.34. The van der Waals surface area contributed by atoms with Crippen molar-refractivity contribution < 1.29 is 14.7 Å². The van der Waals surface area contributed by atoms with Crippen LogP contribution in [0.5, 0.6) is 0 Å². The molecule has 0 spiro atoms. The summed E-state index contributed by atoms with van der Waals surface area (Å²) in [4.78, 5) is 22.6. The number of hydrogen-bond donors (Lipinski definition) is 3. The largest absolute Gasteiger partial charge is 0.481 e. The summed E-state index contributed by atoms with van der Waals surface area (Å²) >= 11 is 1.67. The van der Waals surface area contributed by atoms with Crippen molar-refractivity contribution in [3.05, 3.63) is 29.8 Å². The van der Waals surface area contributed by atoms with Gasteiger partial charge in [0.05, 0.1) is 6.42 Å². The molecule has 6 heteroatoms. The summed E-state index contributed by atoms with van der Waals surface area (Å²) < 4.78 is -0.0437. The molecule has 1 aromatic rings. The standard InChI is InChI=1S/C14H20N2O3S/c1-14(2,20-3)9-15-13(19)16-11-7-5-4-6-10(11)8-12(17)18/h4-7H,8-9H2,1-3H3,(H,17,18)(H2,15,16,19). The molecule has 0 heterocycles. The number of aliphatic carboxylic acids is 1. The Labute approximate surface area is 123 Å². The van der Waals surface area contributed by atoms with Crippen molar-refractivity contribution in [1.82, 2.24) is 5.32 Å². The van der Waals surface area contributed by atoms with Gasteiger partial charge in [0.15, 0.2) is 0 Å². The number of anilines is 1. The van der Waals surface area contributed by atoms with E-state index in [1.165, 1.54) is 0 Å². The SMILES string of the molecule is CSC(C)(C)CNC(=O)Nc1ccccc1CC(=O)O. The van der Waals surface area contributed by atoms with E-state index in [0.29, 0.717) is 17.8 Å². The summed E-state index contributed by atoms with van der Waals surface area (Å²) in [5.41, 5.74) is 1.11. The van der Waals surface area contributed by atoms with Gasteiger partial charge in [0.1, 0.15) is 0 Å². The Morgan fingerprint density at radius 2 is 1.95 bits per heavy atom. The van der Waals surface area contributed by atoms with Gasteiger partial charge in [-0.1, -0.05) is 18.2 Å². The highest BCUT2D eigenvalue weighted by Gasteiger charge is 2.17. The van der Waals surface area contributed by atoms with Gasteiger partial charge in [-0.05, 0) is 31.7 Å². The van der Waals surface area contributed by atoms with Gasteiger partial charge in [-0.15, -0.1) is 0 Å². The third-order valence-electron chi connectivity index (χ3n) is 2.83. The first-order valence-corrected chi connectivity index (χ1v) is 7.46. The molecule has 5 nitrogen and oxygen atoms in total. The second-order valence-corrected chi connectivity index (χ2v) is 6.51. The molecule has 0 saturated carbocycles. The van der Waals surface area contributed by atoms with Crippen molar-refractivity contribution >= 4 is 29.4 Å². The Morgan fingerprint density at radius 3 is 2.55 bits per heavy atom. The maximum absolute atomic E-state index is 11.8. The molecular formula is C14H20N2O3S. The predicted octanol–water partition coefficient (Wildman–Crippen LogP) is 2.58. The van der Waals surface area contributed by atoms with Gasteiger partial charge >= 0.3 is 12.0 Å². The lowest BCUT2D eigenvalue weighted by molar-refractivity contribution is -0.136. The van der Waals surface area contributed by atoms with Crippen LogP contribution >= 0.6 is 11.8 Å². The zero-order valence-corrected chi connectivity index (χ0v) is 12.7. The van der Waals surface area contributed by atoms with Crippen LogP contribution in [0.25, 0.3) is 0 Å². The second kappa shape index (κ2) is 7.19. The molecule has 0 bridgehead atoms. The summed E-state index contributed by atoms with van der Waals surface area (Å²) in [6.45, 7) is 4.60. The fourth-order valence-electron chi connectivity index (χ4n) is 1.49. The molecule has 0 saturated heterocycles. The van der Waals surface area contributed by atoms with Crippen LogP contribution in [-0.2, 0) is 11.2 Å². The molecule has 0 fully saturated rings. The third-order valence-corrected chi connectivity index (χ3v) is 4.08. The van der Waals surface area contributed by atoms with Crippen LogP contribution in [0.3, 0.4) is 0 Å². The monoisotopic (exact) mass is 296 g/mol. The number of carbonyl (C=O) groups excluding carboxylic acids is 1. The molecule has 0 aliphatic heterocycles. The van der Waals surface area contributed by atoms with Crippen LogP contribution in [-0.4, -0.2) is 34.7 Å². The zero-order valence-electron chi connectivity index (χ0n) is 11.9. The Morgan fingerprint density at radius 1 is 1.30 bits per heavy atom. The Bertz CT molecular complexity index is 489. The van der Waals surface area contributed by atoms with E-state index in [9.17, 15) is 9.59 Å². The molecule has 0 radical (unpaired) electrons. The quantitative estimate of drug-likeness (QED) is 0.754. The number of benzene rings is 1. The molecule has 0 aliphatic carbocycles. The van der Waals surface area contributed by atoms with E-state index >= 15 is 0 Å². The zero-order chi connectivity index (χ0) is 15.2. The van der Waals surface area contributed by atoms with E-state index in [1.54, 1.807) is 36.0 Å². The fourth-order valence-corrected chi connectivity index (χ4v) is 1.71. The second-order valence-electron chi connectivity index (χ2n) is 5.00. The number of amides is 2. The molecule has 0 aromatic heterocycles. The van der Waals surface area contributed by atoms with Gasteiger partial charge in [0, 0.05) is 17.0 Å². The van der Waals surface area contributed by atoms with Crippen LogP contribution in [0, 0.1) is 0 Å². The van der Waals surface area contributed by atoms with Gasteiger partial charge < -0.3 is 15.7 Å². The maximum atomic E-state index is 11.8. The summed E-state index contributed by atoms with van der Waals surface area (Å²) in [6.07, 6.45) is 1.87. The fraction of sp³-hybridized carbons (Fsp3) is 0.429. The lowest BCUT2D eigenvalue weighted by atomic mass is 10.1. The van der Waals surface area contributed by atoms with Gasteiger partial charge in [-0.2, -0.15) is 11.8 Å². The minimum atomic E-state index is -0.928. The van der Waals surface area contributed by atoms with E-state index in [2.05, 4.69) is 10.6 Å². The first kappa shape index (κ1) is 16.4. The molecular weight excluding hydrogens is 276 g/mol. The van der Waals surface area contributed by atoms with Crippen LogP contribution < -0.4 is 10.6 Å². The normalized spacial score (nSPS) is 10.9. The van der Waals surface area contributed by atoms with Crippen molar-refractivity contribution in [1.29, 1.82) is 0 Å².